The summed E-state index contributed by atoms with van der Waals surface area (Å²) in [5.74, 6) is 0.781. The van der Waals surface area contributed by atoms with E-state index >= 15 is 0 Å². The predicted octanol–water partition coefficient (Wildman–Crippen LogP) is 0.598. The van der Waals surface area contributed by atoms with E-state index in [1.165, 1.54) is 13.3 Å². The number of carbonyl (C=O) groups is 1. The maximum Gasteiger partial charge on any atom is 0.376 e. The number of rotatable bonds is 4. The summed E-state index contributed by atoms with van der Waals surface area (Å²) in [6.07, 6.45) is 4.89. The second kappa shape index (κ2) is 5.06. The minimum Gasteiger partial charge on any atom is -0.463 e. The number of imidazole rings is 1. The fourth-order valence-corrected chi connectivity index (χ4v) is 1.22. The summed E-state index contributed by atoms with van der Waals surface area (Å²) in [6, 6.07) is 1.66. The summed E-state index contributed by atoms with van der Waals surface area (Å²) >= 11 is 0. The van der Waals surface area contributed by atoms with E-state index in [0.29, 0.717) is 12.4 Å². The summed E-state index contributed by atoms with van der Waals surface area (Å²) < 4.78 is 4.53. The van der Waals surface area contributed by atoms with Crippen LogP contribution in [-0.4, -0.2) is 33.0 Å². The van der Waals surface area contributed by atoms with Crippen LogP contribution < -0.4 is 5.32 Å². The molecule has 0 aliphatic rings. The van der Waals surface area contributed by atoms with Gasteiger partial charge < -0.3 is 15.0 Å². The second-order valence-corrected chi connectivity index (χ2v) is 3.15. The molecule has 2 N–H and O–H groups in total. The third kappa shape index (κ3) is 2.77. The first kappa shape index (κ1) is 11.1. The lowest BCUT2D eigenvalue weighted by molar-refractivity contribution is 0.0587. The van der Waals surface area contributed by atoms with E-state index in [9.17, 15) is 4.79 Å². The number of aromatic amines is 1. The zero-order chi connectivity index (χ0) is 12.1. The lowest BCUT2D eigenvalue weighted by Gasteiger charge is -2.04. The van der Waals surface area contributed by atoms with Crippen molar-refractivity contribution in [3.63, 3.8) is 0 Å². The largest absolute Gasteiger partial charge is 0.463 e. The Kier molecular flexibility index (Phi) is 3.29. The molecule has 0 unspecified atom stereocenters. The third-order valence-electron chi connectivity index (χ3n) is 2.02. The number of aromatic nitrogens is 4. The van der Waals surface area contributed by atoms with E-state index in [1.807, 2.05) is 0 Å². The first-order valence-electron chi connectivity index (χ1n) is 4.93. The molecule has 0 saturated carbocycles. The van der Waals surface area contributed by atoms with Gasteiger partial charge in [-0.25, -0.2) is 19.7 Å². The van der Waals surface area contributed by atoms with Crippen LogP contribution in [0.5, 0.6) is 0 Å². The molecule has 7 heteroatoms. The molecular weight excluding hydrogens is 222 g/mol. The average Bonchev–Trinajstić information content (AvgIpc) is 2.89. The van der Waals surface area contributed by atoms with Crippen molar-refractivity contribution in [1.29, 1.82) is 0 Å². The van der Waals surface area contributed by atoms with Gasteiger partial charge in [-0.15, -0.1) is 0 Å². The Morgan fingerprint density at radius 1 is 1.47 bits per heavy atom. The predicted molar refractivity (Wildman–Crippen MR) is 59.3 cm³/mol. The molecule has 0 radical (unpaired) electrons. The maximum atomic E-state index is 11.2. The minimum absolute atomic E-state index is 0.0249. The number of anilines is 1. The van der Waals surface area contributed by atoms with E-state index in [0.717, 1.165) is 5.82 Å². The Morgan fingerprint density at radius 3 is 3.06 bits per heavy atom. The molecule has 0 saturated heterocycles. The summed E-state index contributed by atoms with van der Waals surface area (Å²) in [5, 5.41) is 3.01. The molecule has 2 aromatic heterocycles. The van der Waals surface area contributed by atoms with Gasteiger partial charge >= 0.3 is 5.97 Å². The van der Waals surface area contributed by atoms with Gasteiger partial charge in [-0.3, -0.25) is 0 Å². The van der Waals surface area contributed by atoms with Crippen molar-refractivity contribution in [3.05, 3.63) is 36.3 Å². The lowest BCUT2D eigenvalue weighted by Crippen LogP contribution is -2.10. The fourth-order valence-electron chi connectivity index (χ4n) is 1.22. The first-order valence-corrected chi connectivity index (χ1v) is 4.93. The third-order valence-corrected chi connectivity index (χ3v) is 2.02. The number of H-pyrrole nitrogens is 1. The van der Waals surface area contributed by atoms with Crippen molar-refractivity contribution in [3.8, 4) is 0 Å². The molecule has 0 aliphatic heterocycles. The van der Waals surface area contributed by atoms with Gasteiger partial charge in [-0.2, -0.15) is 0 Å². The normalized spacial score (nSPS) is 9.94. The molecular formula is C10H11N5O2. The minimum atomic E-state index is -0.563. The molecule has 0 bridgehead atoms. The van der Waals surface area contributed by atoms with Crippen molar-refractivity contribution in [2.24, 2.45) is 0 Å². The number of nitrogens with zero attached hydrogens (tertiary/aromatic N) is 3. The summed E-state index contributed by atoms with van der Waals surface area (Å²) in [7, 11) is 1.29. The summed E-state index contributed by atoms with van der Waals surface area (Å²) in [6.45, 7) is 0.491. The van der Waals surface area contributed by atoms with E-state index in [1.54, 1.807) is 18.5 Å². The second-order valence-electron chi connectivity index (χ2n) is 3.15. The van der Waals surface area contributed by atoms with Crippen molar-refractivity contribution < 1.29 is 9.53 Å². The molecule has 0 aromatic carbocycles. The number of carbonyl (C=O) groups excluding carboxylic acids is 1. The molecule has 2 rings (SSSR count). The molecule has 0 spiro atoms. The van der Waals surface area contributed by atoms with Gasteiger partial charge in [-0.05, 0) is 6.07 Å². The highest BCUT2D eigenvalue weighted by Gasteiger charge is 2.09. The highest BCUT2D eigenvalue weighted by Crippen LogP contribution is 2.04. The Labute approximate surface area is 97.3 Å². The number of ether oxygens (including phenoxy) is 1. The van der Waals surface area contributed by atoms with E-state index in [-0.39, 0.29) is 5.82 Å². The topological polar surface area (TPSA) is 92.8 Å². The Morgan fingerprint density at radius 2 is 2.35 bits per heavy atom. The van der Waals surface area contributed by atoms with Gasteiger partial charge in [-0.1, -0.05) is 0 Å². The molecule has 0 fully saturated rings. The van der Waals surface area contributed by atoms with Gasteiger partial charge in [0, 0.05) is 18.6 Å². The van der Waals surface area contributed by atoms with Crippen LogP contribution in [-0.2, 0) is 11.3 Å². The number of hydrogen-bond donors (Lipinski definition) is 2. The Bertz CT molecular complexity index is 497. The van der Waals surface area contributed by atoms with E-state index < -0.39 is 5.97 Å². The van der Waals surface area contributed by atoms with Crippen LogP contribution in [0.15, 0.2) is 24.7 Å². The Balaban J connectivity index is 2.03. The van der Waals surface area contributed by atoms with Crippen molar-refractivity contribution in [2.45, 2.75) is 6.54 Å². The standard InChI is InChI=1S/C10H11N5O2/c1-17-10(16)9-13-3-2-7(15-9)14-6-8-11-4-5-12-8/h2-5H,6H2,1H3,(H,11,12)(H,13,14,15). The fraction of sp³-hybridized carbons (Fsp3) is 0.200. The van der Waals surface area contributed by atoms with Crippen LogP contribution in [0.4, 0.5) is 5.82 Å². The van der Waals surface area contributed by atoms with Crippen LogP contribution in [0.2, 0.25) is 0 Å². The SMILES string of the molecule is COC(=O)c1nccc(NCc2ncc[nH]2)n1. The number of methoxy groups -OCH3 is 1. The van der Waals surface area contributed by atoms with Crippen LogP contribution in [0.3, 0.4) is 0 Å². The van der Waals surface area contributed by atoms with Gasteiger partial charge in [0.1, 0.15) is 11.6 Å². The quantitative estimate of drug-likeness (QED) is 0.751. The highest BCUT2D eigenvalue weighted by molar-refractivity contribution is 5.85. The van der Waals surface area contributed by atoms with E-state index in [2.05, 4.69) is 30.0 Å². The molecule has 2 aromatic rings. The number of nitrogens with one attached hydrogen (secondary N) is 2. The molecule has 17 heavy (non-hydrogen) atoms. The smallest absolute Gasteiger partial charge is 0.376 e. The Hall–Kier alpha value is -2.44. The average molecular weight is 233 g/mol. The number of esters is 1. The highest BCUT2D eigenvalue weighted by atomic mass is 16.5. The van der Waals surface area contributed by atoms with Crippen LogP contribution in [0, 0.1) is 0 Å². The monoisotopic (exact) mass is 233 g/mol. The lowest BCUT2D eigenvalue weighted by atomic mass is 10.5. The maximum absolute atomic E-state index is 11.2. The molecule has 0 amide bonds. The van der Waals surface area contributed by atoms with Crippen LogP contribution in [0.25, 0.3) is 0 Å². The molecule has 7 nitrogen and oxygen atoms in total. The first-order chi connectivity index (χ1) is 8.29. The van der Waals surface area contributed by atoms with Gasteiger partial charge in [0.05, 0.1) is 13.7 Å². The summed E-state index contributed by atoms with van der Waals surface area (Å²) in [5.41, 5.74) is 0. The number of hydrogen-bond acceptors (Lipinski definition) is 6. The van der Waals surface area contributed by atoms with Crippen LogP contribution in [0.1, 0.15) is 16.4 Å². The van der Waals surface area contributed by atoms with Gasteiger partial charge in [0.15, 0.2) is 0 Å². The zero-order valence-electron chi connectivity index (χ0n) is 9.17. The van der Waals surface area contributed by atoms with E-state index in [4.69, 9.17) is 0 Å². The van der Waals surface area contributed by atoms with Crippen molar-refractivity contribution in [2.75, 3.05) is 12.4 Å². The molecule has 0 atom stereocenters. The molecule has 2 heterocycles. The molecule has 0 aliphatic carbocycles. The van der Waals surface area contributed by atoms with Crippen molar-refractivity contribution in [1.82, 2.24) is 19.9 Å². The van der Waals surface area contributed by atoms with Crippen molar-refractivity contribution >= 4 is 11.8 Å². The summed E-state index contributed by atoms with van der Waals surface area (Å²) in [4.78, 5) is 26.0. The molecule has 88 valence electrons. The van der Waals surface area contributed by atoms with Gasteiger partial charge in [0.2, 0.25) is 5.82 Å². The van der Waals surface area contributed by atoms with Gasteiger partial charge in [0.25, 0.3) is 0 Å². The zero-order valence-corrected chi connectivity index (χ0v) is 9.17. The van der Waals surface area contributed by atoms with Crippen LogP contribution >= 0.6 is 0 Å².